The smallest absolute Gasteiger partial charge is 0.328 e. The second-order valence-corrected chi connectivity index (χ2v) is 6.83. The first kappa shape index (κ1) is 15.8. The summed E-state index contributed by atoms with van der Waals surface area (Å²) >= 11 is 1.37. The zero-order valence-electron chi connectivity index (χ0n) is 12.3. The Labute approximate surface area is 128 Å². The van der Waals surface area contributed by atoms with Gasteiger partial charge in [-0.05, 0) is 43.2 Å². The molecule has 1 saturated carbocycles. The predicted octanol–water partition coefficient (Wildman–Crippen LogP) is 3.40. The Kier molecular flexibility index (Phi) is 5.17. The third kappa shape index (κ3) is 4.43. The largest absolute Gasteiger partial charge is 0.478 e. The topological polar surface area (TPSA) is 66.4 Å². The minimum absolute atomic E-state index is 0.0624. The molecule has 4 nitrogen and oxygen atoms in total. The van der Waals surface area contributed by atoms with E-state index >= 15 is 0 Å². The lowest BCUT2D eigenvalue weighted by Crippen LogP contribution is -2.42. The third-order valence-electron chi connectivity index (χ3n) is 4.02. The molecule has 0 bridgehead atoms. The highest BCUT2D eigenvalue weighted by molar-refractivity contribution is 7.11. The number of carboxylic acid groups (broad SMARTS) is 1. The molecule has 1 fully saturated rings. The summed E-state index contributed by atoms with van der Waals surface area (Å²) in [6.45, 7) is 4.45. The van der Waals surface area contributed by atoms with Gasteiger partial charge in [0.05, 0.1) is 5.56 Å². The molecule has 3 atom stereocenters. The van der Waals surface area contributed by atoms with Crippen LogP contribution in [0, 0.1) is 11.8 Å². The van der Waals surface area contributed by atoms with E-state index in [2.05, 4.69) is 19.2 Å². The Morgan fingerprint density at radius 1 is 1.38 bits per heavy atom. The number of amides is 1. The Hall–Kier alpha value is -1.62. The van der Waals surface area contributed by atoms with Crippen molar-refractivity contribution in [2.75, 3.05) is 0 Å². The maximum absolute atomic E-state index is 12.2. The number of rotatable bonds is 4. The van der Waals surface area contributed by atoms with E-state index in [1.807, 2.05) is 0 Å². The summed E-state index contributed by atoms with van der Waals surface area (Å²) in [5, 5.41) is 13.5. The Morgan fingerprint density at radius 2 is 2.14 bits per heavy atom. The average Bonchev–Trinajstić information content (AvgIpc) is 2.88. The molecule has 1 heterocycles. The maximum Gasteiger partial charge on any atom is 0.328 e. The fourth-order valence-corrected chi connectivity index (χ4v) is 3.62. The molecule has 1 amide bonds. The van der Waals surface area contributed by atoms with Gasteiger partial charge in [0.15, 0.2) is 0 Å². The Morgan fingerprint density at radius 3 is 2.81 bits per heavy atom. The zero-order valence-corrected chi connectivity index (χ0v) is 13.2. The normalized spacial score (nSPS) is 25.9. The SMILES string of the molecule is CC1CCC(NC(=O)c2csc(C=CC(=O)O)c2)C(C)C1. The zero-order chi connectivity index (χ0) is 15.4. The van der Waals surface area contributed by atoms with Gasteiger partial charge < -0.3 is 10.4 Å². The molecule has 1 aliphatic rings. The molecule has 1 aromatic heterocycles. The molecule has 1 aromatic rings. The fraction of sp³-hybridized carbons (Fsp3) is 0.500. The Bertz CT molecular complexity index is 549. The first-order chi connectivity index (χ1) is 9.95. The first-order valence-electron chi connectivity index (χ1n) is 7.26. The second kappa shape index (κ2) is 6.89. The predicted molar refractivity (Wildman–Crippen MR) is 84.4 cm³/mol. The van der Waals surface area contributed by atoms with E-state index in [4.69, 9.17) is 5.11 Å². The lowest BCUT2D eigenvalue weighted by molar-refractivity contribution is -0.131. The van der Waals surface area contributed by atoms with Gasteiger partial charge >= 0.3 is 5.97 Å². The number of carboxylic acids is 1. The molecule has 2 rings (SSSR count). The highest BCUT2D eigenvalue weighted by Crippen LogP contribution is 2.29. The summed E-state index contributed by atoms with van der Waals surface area (Å²) in [6, 6.07) is 1.97. The summed E-state index contributed by atoms with van der Waals surface area (Å²) in [4.78, 5) is 23.5. The molecule has 3 unspecified atom stereocenters. The van der Waals surface area contributed by atoms with Crippen LogP contribution in [0.5, 0.6) is 0 Å². The molecule has 0 saturated heterocycles. The maximum atomic E-state index is 12.2. The van der Waals surface area contributed by atoms with Gasteiger partial charge in [-0.15, -0.1) is 11.3 Å². The van der Waals surface area contributed by atoms with Gasteiger partial charge in [0.25, 0.3) is 5.91 Å². The summed E-state index contributed by atoms with van der Waals surface area (Å²) in [5.74, 6) is 0.192. The van der Waals surface area contributed by atoms with Crippen LogP contribution in [0.1, 0.15) is 48.3 Å². The highest BCUT2D eigenvalue weighted by Gasteiger charge is 2.26. The van der Waals surface area contributed by atoms with Crippen molar-refractivity contribution in [2.45, 2.75) is 39.2 Å². The molecular weight excluding hydrogens is 286 g/mol. The van der Waals surface area contributed by atoms with Crippen LogP contribution in [-0.4, -0.2) is 23.0 Å². The van der Waals surface area contributed by atoms with Crippen LogP contribution in [0.2, 0.25) is 0 Å². The molecule has 114 valence electrons. The van der Waals surface area contributed by atoms with E-state index in [1.165, 1.54) is 17.4 Å². The van der Waals surface area contributed by atoms with Crippen molar-refractivity contribution in [3.05, 3.63) is 28.0 Å². The van der Waals surface area contributed by atoms with Crippen molar-refractivity contribution in [1.29, 1.82) is 0 Å². The van der Waals surface area contributed by atoms with Gasteiger partial charge in [0.2, 0.25) is 0 Å². The molecule has 0 spiro atoms. The van der Waals surface area contributed by atoms with Crippen molar-refractivity contribution >= 4 is 29.3 Å². The number of hydrogen-bond donors (Lipinski definition) is 2. The van der Waals surface area contributed by atoms with Crippen LogP contribution in [-0.2, 0) is 4.79 Å². The van der Waals surface area contributed by atoms with Gasteiger partial charge in [-0.25, -0.2) is 4.79 Å². The molecule has 0 aliphatic heterocycles. The molecule has 21 heavy (non-hydrogen) atoms. The van der Waals surface area contributed by atoms with Crippen LogP contribution >= 0.6 is 11.3 Å². The fourth-order valence-electron chi connectivity index (χ4n) is 2.84. The van der Waals surface area contributed by atoms with Crippen LogP contribution < -0.4 is 5.32 Å². The minimum Gasteiger partial charge on any atom is -0.478 e. The molecule has 2 N–H and O–H groups in total. The summed E-state index contributed by atoms with van der Waals surface area (Å²) in [6.07, 6.45) is 5.93. The quantitative estimate of drug-likeness (QED) is 0.838. The molecule has 0 aromatic carbocycles. The number of hydrogen-bond acceptors (Lipinski definition) is 3. The van der Waals surface area contributed by atoms with E-state index in [0.29, 0.717) is 11.5 Å². The second-order valence-electron chi connectivity index (χ2n) is 5.88. The summed E-state index contributed by atoms with van der Waals surface area (Å²) in [5.41, 5.74) is 0.607. The number of aliphatic carboxylic acids is 1. The van der Waals surface area contributed by atoms with E-state index in [1.54, 1.807) is 11.4 Å². The van der Waals surface area contributed by atoms with Crippen molar-refractivity contribution in [3.63, 3.8) is 0 Å². The van der Waals surface area contributed by atoms with Crippen LogP contribution in [0.25, 0.3) is 6.08 Å². The lowest BCUT2D eigenvalue weighted by atomic mass is 9.80. The Balaban J connectivity index is 1.96. The average molecular weight is 307 g/mol. The van der Waals surface area contributed by atoms with Gasteiger partial charge in [0.1, 0.15) is 0 Å². The first-order valence-corrected chi connectivity index (χ1v) is 8.14. The molecule has 0 radical (unpaired) electrons. The summed E-state index contributed by atoms with van der Waals surface area (Å²) in [7, 11) is 0. The van der Waals surface area contributed by atoms with Crippen molar-refractivity contribution in [2.24, 2.45) is 11.8 Å². The van der Waals surface area contributed by atoms with E-state index < -0.39 is 5.97 Å². The van der Waals surface area contributed by atoms with Gasteiger partial charge in [-0.3, -0.25) is 4.79 Å². The van der Waals surface area contributed by atoms with Crippen molar-refractivity contribution in [1.82, 2.24) is 5.32 Å². The van der Waals surface area contributed by atoms with Crippen LogP contribution in [0.15, 0.2) is 17.5 Å². The number of thiophene rings is 1. The van der Waals surface area contributed by atoms with Crippen molar-refractivity contribution in [3.8, 4) is 0 Å². The highest BCUT2D eigenvalue weighted by atomic mass is 32.1. The van der Waals surface area contributed by atoms with Gasteiger partial charge in [0, 0.05) is 22.4 Å². The molecule has 5 heteroatoms. The number of carbonyl (C=O) groups excluding carboxylic acids is 1. The minimum atomic E-state index is -0.987. The van der Waals surface area contributed by atoms with Crippen molar-refractivity contribution < 1.29 is 14.7 Å². The third-order valence-corrected chi connectivity index (χ3v) is 4.92. The van der Waals surface area contributed by atoms with Crippen LogP contribution in [0.3, 0.4) is 0 Å². The molecular formula is C16H21NO3S. The summed E-state index contributed by atoms with van der Waals surface area (Å²) < 4.78 is 0. The van der Waals surface area contributed by atoms with Gasteiger partial charge in [-0.1, -0.05) is 13.8 Å². The number of nitrogens with one attached hydrogen (secondary N) is 1. The lowest BCUT2D eigenvalue weighted by Gasteiger charge is -2.33. The molecule has 1 aliphatic carbocycles. The van der Waals surface area contributed by atoms with E-state index in [-0.39, 0.29) is 11.9 Å². The standard InChI is InChI=1S/C16H21NO3S/c1-10-3-5-14(11(2)7-10)17-16(20)12-8-13(21-9-12)4-6-15(18)19/h4,6,8-11,14H,3,5,7H2,1-2H3,(H,17,20)(H,18,19). The van der Waals surface area contributed by atoms with E-state index in [9.17, 15) is 9.59 Å². The van der Waals surface area contributed by atoms with Crippen LogP contribution in [0.4, 0.5) is 0 Å². The van der Waals surface area contributed by atoms with Gasteiger partial charge in [-0.2, -0.15) is 0 Å². The monoisotopic (exact) mass is 307 g/mol. The number of carbonyl (C=O) groups is 2. The van der Waals surface area contributed by atoms with E-state index in [0.717, 1.165) is 36.1 Å².